The van der Waals surface area contributed by atoms with Crippen molar-refractivity contribution in [2.75, 3.05) is 19.3 Å². The van der Waals surface area contributed by atoms with Crippen LogP contribution < -0.4 is 51.4 Å². The van der Waals surface area contributed by atoms with E-state index in [0.717, 1.165) is 18.7 Å². The minimum atomic E-state index is -3.02. The minimum Gasteiger partial charge on any atom is -0.442 e. The number of H-pyrrole nitrogens is 1. The van der Waals surface area contributed by atoms with Crippen LogP contribution in [0.4, 0.5) is 0 Å². The largest absolute Gasteiger partial charge is 1.00 e. The van der Waals surface area contributed by atoms with Gasteiger partial charge >= 0.3 is 51.4 Å². The number of piperidine rings is 1. The molecule has 1 aliphatic rings. The second-order valence-corrected chi connectivity index (χ2v) is 5.83. The van der Waals surface area contributed by atoms with Crippen molar-refractivity contribution < 1.29 is 59.8 Å². The van der Waals surface area contributed by atoms with Gasteiger partial charge in [-0.25, -0.2) is 12.7 Å². The Morgan fingerprint density at radius 1 is 1.50 bits per heavy atom. The zero-order valence-electron chi connectivity index (χ0n) is 9.60. The van der Waals surface area contributed by atoms with E-state index in [4.69, 9.17) is 0 Å². The van der Waals surface area contributed by atoms with E-state index in [0.29, 0.717) is 19.0 Å². The number of sulfonamides is 1. The van der Waals surface area contributed by atoms with Crippen LogP contribution in [-0.4, -0.2) is 42.0 Å². The van der Waals surface area contributed by atoms with E-state index in [1.165, 1.54) is 10.6 Å². The quantitative estimate of drug-likeness (QED) is 0.470. The fourth-order valence-corrected chi connectivity index (χ4v) is 2.78. The molecule has 1 fully saturated rings. The molecule has 0 saturated carbocycles. The predicted molar refractivity (Wildman–Crippen MR) is 55.8 cm³/mol. The smallest absolute Gasteiger partial charge is 0.442 e. The third-order valence-electron chi connectivity index (χ3n) is 2.78. The van der Waals surface area contributed by atoms with Gasteiger partial charge in [0.25, 0.3) is 0 Å². The van der Waals surface area contributed by atoms with E-state index >= 15 is 0 Å². The van der Waals surface area contributed by atoms with Gasteiger partial charge in [-0.3, -0.25) is 0 Å². The summed E-state index contributed by atoms with van der Waals surface area (Å²) >= 11 is 0. The van der Waals surface area contributed by atoms with Gasteiger partial charge in [0, 0.05) is 13.1 Å². The molecular formula is C9H14KN3O2S. The average molecular weight is 267 g/mol. The van der Waals surface area contributed by atoms with Crippen LogP contribution in [0.1, 0.15) is 24.6 Å². The maximum atomic E-state index is 11.3. The number of nitrogens with one attached hydrogen (secondary N) is 1. The van der Waals surface area contributed by atoms with E-state index < -0.39 is 10.0 Å². The van der Waals surface area contributed by atoms with E-state index in [1.54, 1.807) is 6.20 Å². The van der Waals surface area contributed by atoms with Gasteiger partial charge in [-0.05, 0) is 24.6 Å². The van der Waals surface area contributed by atoms with Crippen molar-refractivity contribution in [2.45, 2.75) is 18.8 Å². The Bertz CT molecular complexity index is 410. The predicted octanol–water partition coefficient (Wildman–Crippen LogP) is -2.65. The molecule has 0 aromatic carbocycles. The summed E-state index contributed by atoms with van der Waals surface area (Å²) in [5.74, 6) is 1.26. The topological polar surface area (TPSA) is 66.1 Å². The molecule has 16 heavy (non-hydrogen) atoms. The first kappa shape index (κ1) is 14.8. The minimum absolute atomic E-state index is 0. The Balaban J connectivity index is 0.00000128. The molecule has 0 amide bonds. The van der Waals surface area contributed by atoms with E-state index in [1.807, 2.05) is 0 Å². The molecule has 1 aromatic heterocycles. The van der Waals surface area contributed by atoms with Crippen LogP contribution in [-0.2, 0) is 10.0 Å². The molecule has 0 atom stereocenters. The Labute approximate surface area is 138 Å². The zero-order chi connectivity index (χ0) is 10.9. The Morgan fingerprint density at radius 3 is 2.56 bits per heavy atom. The average Bonchev–Trinajstić information content (AvgIpc) is 2.69. The number of aromatic nitrogens is 2. The molecule has 1 aromatic rings. The standard InChI is InChI=1S/C9H14N3O2S.K/c1-15(13,14)12-6-2-8(3-7-12)9-10-4-5-11-9;/h4,8H,2-3,6-7H2,1H3,(H,10,11);/q-1;+1. The third kappa shape index (κ3) is 3.62. The molecule has 0 spiro atoms. The summed E-state index contributed by atoms with van der Waals surface area (Å²) in [7, 11) is -3.02. The summed E-state index contributed by atoms with van der Waals surface area (Å²) in [5.41, 5.74) is 0. The van der Waals surface area contributed by atoms with Gasteiger partial charge in [0.05, 0.1) is 6.26 Å². The summed E-state index contributed by atoms with van der Waals surface area (Å²) in [6, 6.07) is 0. The molecular weight excluding hydrogens is 253 g/mol. The molecule has 84 valence electrons. The number of hydrogen-bond donors (Lipinski definition) is 1. The van der Waals surface area contributed by atoms with Crippen molar-refractivity contribution in [3.8, 4) is 0 Å². The van der Waals surface area contributed by atoms with Crippen LogP contribution in [0, 0.1) is 6.20 Å². The molecule has 2 heterocycles. The molecule has 5 nitrogen and oxygen atoms in total. The van der Waals surface area contributed by atoms with Crippen molar-refractivity contribution in [3.05, 3.63) is 18.2 Å². The maximum absolute atomic E-state index is 11.3. The summed E-state index contributed by atoms with van der Waals surface area (Å²) in [6.07, 6.45) is 7.32. The van der Waals surface area contributed by atoms with Crippen LogP contribution in [0.5, 0.6) is 0 Å². The molecule has 1 saturated heterocycles. The number of nitrogens with zero attached hydrogens (tertiary/aromatic N) is 2. The van der Waals surface area contributed by atoms with Crippen LogP contribution in [0.3, 0.4) is 0 Å². The van der Waals surface area contributed by atoms with Crippen LogP contribution in [0.2, 0.25) is 0 Å². The summed E-state index contributed by atoms with van der Waals surface area (Å²) in [5, 5.41) is 0. The Morgan fingerprint density at radius 2 is 2.12 bits per heavy atom. The number of imidazole rings is 1. The van der Waals surface area contributed by atoms with Gasteiger partial charge in [-0.15, -0.1) is 6.20 Å². The van der Waals surface area contributed by atoms with Crippen molar-refractivity contribution in [2.24, 2.45) is 0 Å². The monoisotopic (exact) mass is 267 g/mol. The van der Waals surface area contributed by atoms with E-state index in [-0.39, 0.29) is 51.4 Å². The summed E-state index contributed by atoms with van der Waals surface area (Å²) in [6.45, 7) is 1.18. The van der Waals surface area contributed by atoms with Gasteiger partial charge in [0.15, 0.2) is 0 Å². The first-order valence-electron chi connectivity index (χ1n) is 4.94. The third-order valence-corrected chi connectivity index (χ3v) is 4.08. The fraction of sp³-hybridized carbons (Fsp3) is 0.667. The Hall–Kier alpha value is 0.756. The molecule has 1 N–H and O–H groups in total. The molecule has 0 bridgehead atoms. The van der Waals surface area contributed by atoms with Gasteiger partial charge in [-0.2, -0.15) is 0 Å². The normalized spacial score (nSPS) is 19.3. The van der Waals surface area contributed by atoms with Gasteiger partial charge in [-0.1, -0.05) is 6.20 Å². The molecule has 0 unspecified atom stereocenters. The first-order chi connectivity index (χ1) is 7.07. The summed E-state index contributed by atoms with van der Waals surface area (Å²) in [4.78, 5) is 7.10. The van der Waals surface area contributed by atoms with Crippen LogP contribution >= 0.6 is 0 Å². The van der Waals surface area contributed by atoms with Crippen molar-refractivity contribution in [1.82, 2.24) is 14.3 Å². The second-order valence-electron chi connectivity index (χ2n) is 3.85. The number of aromatic amines is 1. The molecule has 0 radical (unpaired) electrons. The number of hydrogen-bond acceptors (Lipinski definition) is 3. The Kier molecular flexibility index (Phi) is 5.63. The first-order valence-corrected chi connectivity index (χ1v) is 6.78. The van der Waals surface area contributed by atoms with Gasteiger partial charge in [0.1, 0.15) is 0 Å². The van der Waals surface area contributed by atoms with Crippen molar-refractivity contribution in [1.29, 1.82) is 0 Å². The maximum Gasteiger partial charge on any atom is 1.00 e. The molecule has 1 aliphatic heterocycles. The van der Waals surface area contributed by atoms with Crippen LogP contribution in [0.25, 0.3) is 0 Å². The van der Waals surface area contributed by atoms with E-state index in [9.17, 15) is 8.42 Å². The fourth-order valence-electron chi connectivity index (χ4n) is 1.91. The summed E-state index contributed by atoms with van der Waals surface area (Å²) < 4.78 is 24.1. The molecule has 0 aliphatic carbocycles. The molecule has 7 heteroatoms. The molecule has 2 rings (SSSR count). The van der Waals surface area contributed by atoms with Crippen molar-refractivity contribution >= 4 is 10.0 Å². The zero-order valence-corrected chi connectivity index (χ0v) is 13.5. The van der Waals surface area contributed by atoms with Gasteiger partial charge in [0.2, 0.25) is 10.0 Å². The van der Waals surface area contributed by atoms with Crippen molar-refractivity contribution in [3.63, 3.8) is 0 Å². The SMILES string of the molecule is CS(=O)(=O)N1CCC(c2n[c-]c[nH]2)CC1.[K+]. The van der Waals surface area contributed by atoms with E-state index in [2.05, 4.69) is 16.2 Å². The van der Waals surface area contributed by atoms with Crippen LogP contribution in [0.15, 0.2) is 6.20 Å². The number of rotatable bonds is 2. The van der Waals surface area contributed by atoms with Gasteiger partial charge < -0.3 is 9.97 Å². The second kappa shape index (κ2) is 6.08.